The first kappa shape index (κ1) is 25.6. The molecular formula is C29H35ClFN5O. The highest BCUT2D eigenvalue weighted by Gasteiger charge is 2.26. The molecule has 0 spiro atoms. The molecule has 37 heavy (non-hydrogen) atoms. The molecule has 1 amide bonds. The average Bonchev–Trinajstić information content (AvgIpc) is 3.06. The molecule has 2 aliphatic rings. The summed E-state index contributed by atoms with van der Waals surface area (Å²) in [5, 5.41) is 0.802. The molecule has 0 atom stereocenters. The lowest BCUT2D eigenvalue weighted by Crippen LogP contribution is -2.49. The molecule has 196 valence electrons. The van der Waals surface area contributed by atoms with E-state index in [1.807, 2.05) is 34.7 Å². The minimum Gasteiger partial charge on any atom is -0.369 e. The van der Waals surface area contributed by atoms with Crippen molar-refractivity contribution >= 4 is 28.9 Å². The second kappa shape index (κ2) is 11.2. The van der Waals surface area contributed by atoms with Crippen molar-refractivity contribution in [3.05, 3.63) is 82.4 Å². The SMILES string of the molecule is Cc1c(CN2CCCN(c3ccccc3Cl)CC2)cc(C(=O)N2CCN(c3ccc(F)cc3)CC2)n1C. The maximum absolute atomic E-state index is 13.5. The van der Waals surface area contributed by atoms with E-state index >= 15 is 0 Å². The number of rotatable bonds is 5. The second-order valence-electron chi connectivity index (χ2n) is 10.0. The van der Waals surface area contributed by atoms with E-state index in [1.54, 1.807) is 12.1 Å². The van der Waals surface area contributed by atoms with Crippen molar-refractivity contribution in [2.45, 2.75) is 19.9 Å². The summed E-state index contributed by atoms with van der Waals surface area (Å²) >= 11 is 6.45. The first-order chi connectivity index (χ1) is 17.9. The number of hydrogen-bond donors (Lipinski definition) is 0. The molecular weight excluding hydrogens is 489 g/mol. The Bertz CT molecular complexity index is 1240. The van der Waals surface area contributed by atoms with E-state index < -0.39 is 0 Å². The van der Waals surface area contributed by atoms with Crippen molar-refractivity contribution in [2.75, 3.05) is 62.2 Å². The van der Waals surface area contributed by atoms with E-state index in [0.717, 1.165) is 80.0 Å². The number of hydrogen-bond acceptors (Lipinski definition) is 4. The van der Waals surface area contributed by atoms with Crippen LogP contribution in [0.4, 0.5) is 15.8 Å². The van der Waals surface area contributed by atoms with E-state index in [9.17, 15) is 9.18 Å². The van der Waals surface area contributed by atoms with Gasteiger partial charge in [-0.2, -0.15) is 0 Å². The van der Waals surface area contributed by atoms with Gasteiger partial charge in [-0.15, -0.1) is 0 Å². The van der Waals surface area contributed by atoms with Gasteiger partial charge in [-0.1, -0.05) is 23.7 Å². The fraction of sp³-hybridized carbons (Fsp3) is 0.414. The van der Waals surface area contributed by atoms with E-state index in [-0.39, 0.29) is 11.7 Å². The van der Waals surface area contributed by atoms with E-state index in [2.05, 4.69) is 33.8 Å². The van der Waals surface area contributed by atoms with Crippen LogP contribution < -0.4 is 9.80 Å². The fourth-order valence-electron chi connectivity index (χ4n) is 5.43. The molecule has 2 fully saturated rings. The Labute approximate surface area is 223 Å². The van der Waals surface area contributed by atoms with Crippen LogP contribution in [-0.2, 0) is 13.6 Å². The third-order valence-electron chi connectivity index (χ3n) is 7.79. The molecule has 1 aromatic heterocycles. The van der Waals surface area contributed by atoms with Crippen LogP contribution in [0.5, 0.6) is 0 Å². The minimum absolute atomic E-state index is 0.0800. The third-order valence-corrected chi connectivity index (χ3v) is 8.11. The molecule has 0 bridgehead atoms. The predicted octanol–water partition coefficient (Wildman–Crippen LogP) is 4.80. The lowest BCUT2D eigenvalue weighted by atomic mass is 10.2. The summed E-state index contributed by atoms with van der Waals surface area (Å²) in [4.78, 5) is 22.5. The van der Waals surface area contributed by atoms with Crippen LogP contribution in [0, 0.1) is 12.7 Å². The van der Waals surface area contributed by atoms with Gasteiger partial charge in [-0.3, -0.25) is 9.69 Å². The van der Waals surface area contributed by atoms with Crippen molar-refractivity contribution in [1.29, 1.82) is 0 Å². The molecule has 8 heteroatoms. The minimum atomic E-state index is -0.231. The number of aromatic nitrogens is 1. The van der Waals surface area contributed by atoms with Crippen molar-refractivity contribution in [3.63, 3.8) is 0 Å². The van der Waals surface area contributed by atoms with Gasteiger partial charge in [0.15, 0.2) is 0 Å². The first-order valence-corrected chi connectivity index (χ1v) is 13.5. The summed E-state index contributed by atoms with van der Waals surface area (Å²) in [6, 6.07) is 16.7. The van der Waals surface area contributed by atoms with Crippen LogP contribution in [0.15, 0.2) is 54.6 Å². The number of anilines is 2. The van der Waals surface area contributed by atoms with Gasteiger partial charge in [0.2, 0.25) is 0 Å². The van der Waals surface area contributed by atoms with Gasteiger partial charge in [0.05, 0.1) is 10.7 Å². The molecule has 5 rings (SSSR count). The Morgan fingerprint density at radius 3 is 2.32 bits per heavy atom. The number of amides is 1. The third kappa shape index (κ3) is 5.63. The van der Waals surface area contributed by atoms with Crippen molar-refractivity contribution in [2.24, 2.45) is 7.05 Å². The molecule has 6 nitrogen and oxygen atoms in total. The normalized spacial score (nSPS) is 17.2. The summed E-state index contributed by atoms with van der Waals surface area (Å²) in [5.41, 5.74) is 5.20. The van der Waals surface area contributed by atoms with Crippen LogP contribution in [0.2, 0.25) is 5.02 Å². The monoisotopic (exact) mass is 523 g/mol. The molecule has 2 aliphatic heterocycles. The molecule has 3 heterocycles. The highest BCUT2D eigenvalue weighted by Crippen LogP contribution is 2.27. The summed E-state index contributed by atoms with van der Waals surface area (Å²) in [6.45, 7) is 9.61. The van der Waals surface area contributed by atoms with Crippen LogP contribution in [0.25, 0.3) is 0 Å². The molecule has 0 saturated carbocycles. The first-order valence-electron chi connectivity index (χ1n) is 13.1. The lowest BCUT2D eigenvalue weighted by Gasteiger charge is -2.36. The Kier molecular flexibility index (Phi) is 7.72. The second-order valence-corrected chi connectivity index (χ2v) is 10.4. The van der Waals surface area contributed by atoms with Gasteiger partial charge in [-0.05, 0) is 61.4 Å². The van der Waals surface area contributed by atoms with Crippen LogP contribution in [-0.4, -0.2) is 72.6 Å². The maximum Gasteiger partial charge on any atom is 0.270 e. The summed E-state index contributed by atoms with van der Waals surface area (Å²) < 4.78 is 15.3. The van der Waals surface area contributed by atoms with Crippen LogP contribution in [0.3, 0.4) is 0 Å². The Hall–Kier alpha value is -3.03. The molecule has 2 saturated heterocycles. The number of halogens is 2. The smallest absolute Gasteiger partial charge is 0.270 e. The van der Waals surface area contributed by atoms with Gasteiger partial charge in [0, 0.05) is 77.3 Å². The lowest BCUT2D eigenvalue weighted by molar-refractivity contribution is 0.0737. The van der Waals surface area contributed by atoms with Crippen molar-refractivity contribution in [3.8, 4) is 0 Å². The highest BCUT2D eigenvalue weighted by molar-refractivity contribution is 6.33. The molecule has 0 radical (unpaired) electrons. The largest absolute Gasteiger partial charge is 0.369 e. The van der Waals surface area contributed by atoms with E-state index in [4.69, 9.17) is 11.6 Å². The molecule has 0 unspecified atom stereocenters. The molecule has 0 aliphatic carbocycles. The van der Waals surface area contributed by atoms with Crippen molar-refractivity contribution < 1.29 is 9.18 Å². The van der Waals surface area contributed by atoms with Gasteiger partial charge >= 0.3 is 0 Å². The number of carbonyl (C=O) groups is 1. The van der Waals surface area contributed by atoms with Gasteiger partial charge < -0.3 is 19.3 Å². The summed E-state index contributed by atoms with van der Waals surface area (Å²) in [7, 11) is 1.99. The average molecular weight is 524 g/mol. The Morgan fingerprint density at radius 1 is 0.892 bits per heavy atom. The quantitative estimate of drug-likeness (QED) is 0.481. The fourth-order valence-corrected chi connectivity index (χ4v) is 5.68. The standard InChI is InChI=1S/C29H35ClFN5O/c1-22-23(21-33-12-5-13-35(15-14-33)27-7-4-3-6-26(27)30)20-28(32(22)2)29(37)36-18-16-34(17-19-36)25-10-8-24(31)9-11-25/h3-4,6-11,20H,5,12-19,21H2,1-2H3. The van der Waals surface area contributed by atoms with E-state index in [1.165, 1.54) is 17.7 Å². The van der Waals surface area contributed by atoms with Crippen LogP contribution >= 0.6 is 11.6 Å². The van der Waals surface area contributed by atoms with Gasteiger partial charge in [-0.25, -0.2) is 4.39 Å². The summed E-state index contributed by atoms with van der Waals surface area (Å²) in [5.74, 6) is -0.151. The van der Waals surface area contributed by atoms with Gasteiger partial charge in [0.1, 0.15) is 11.5 Å². The van der Waals surface area contributed by atoms with Crippen LogP contribution in [0.1, 0.15) is 28.2 Å². The Morgan fingerprint density at radius 2 is 1.59 bits per heavy atom. The number of piperazine rings is 1. The molecule has 3 aromatic rings. The summed E-state index contributed by atoms with van der Waals surface area (Å²) in [6.07, 6.45) is 1.07. The van der Waals surface area contributed by atoms with Crippen molar-refractivity contribution in [1.82, 2.24) is 14.4 Å². The maximum atomic E-state index is 13.5. The number of benzene rings is 2. The zero-order valence-electron chi connectivity index (χ0n) is 21.7. The zero-order chi connectivity index (χ0) is 25.9. The Balaban J connectivity index is 1.20. The molecule has 0 N–H and O–H groups in total. The highest BCUT2D eigenvalue weighted by atomic mass is 35.5. The van der Waals surface area contributed by atoms with Gasteiger partial charge in [0.25, 0.3) is 5.91 Å². The number of carbonyl (C=O) groups excluding carboxylic acids is 1. The predicted molar refractivity (Wildman–Crippen MR) is 148 cm³/mol. The molecule has 2 aromatic carbocycles. The van der Waals surface area contributed by atoms with E-state index in [0.29, 0.717) is 13.1 Å². The number of nitrogens with zero attached hydrogens (tertiary/aromatic N) is 5. The topological polar surface area (TPSA) is 35.0 Å². The zero-order valence-corrected chi connectivity index (χ0v) is 22.4. The number of para-hydroxylation sites is 1.